The number of benzene rings is 1. The van der Waals surface area contributed by atoms with Gasteiger partial charge in [0.2, 0.25) is 10.0 Å². The zero-order valence-electron chi connectivity index (χ0n) is 14.6. The number of carbonyl (C=O) groups excluding carboxylic acids is 1. The smallest absolute Gasteiger partial charge is 0.243 e. The molecule has 1 aromatic rings. The van der Waals surface area contributed by atoms with Crippen LogP contribution >= 0.6 is 0 Å². The largest absolute Gasteiger partial charge is 0.300 e. The van der Waals surface area contributed by atoms with Crippen molar-refractivity contribution >= 4 is 15.8 Å². The maximum atomic E-state index is 13.0. The van der Waals surface area contributed by atoms with Gasteiger partial charge in [-0.2, -0.15) is 4.31 Å². The maximum Gasteiger partial charge on any atom is 0.243 e. The molecule has 1 aromatic carbocycles. The molecule has 1 saturated carbocycles. The second-order valence-electron chi connectivity index (χ2n) is 7.84. The zero-order chi connectivity index (χ0) is 17.6. The molecule has 0 aromatic heterocycles. The van der Waals surface area contributed by atoms with Gasteiger partial charge in [-0.05, 0) is 56.1 Å². The lowest BCUT2D eigenvalue weighted by molar-refractivity contribution is -0.120. The fourth-order valence-corrected chi connectivity index (χ4v) is 6.17. The van der Waals surface area contributed by atoms with Gasteiger partial charge in [0.25, 0.3) is 0 Å². The van der Waals surface area contributed by atoms with Crippen LogP contribution in [0.25, 0.3) is 0 Å². The highest BCUT2D eigenvalue weighted by Crippen LogP contribution is 2.41. The van der Waals surface area contributed by atoms with Crippen molar-refractivity contribution in [2.75, 3.05) is 13.1 Å². The number of Topliss-reactive ketones (excluding diaryl/α,β-unsaturated/α-hetero) is 1. The monoisotopic (exact) mass is 359 g/mol. The molecule has 0 radical (unpaired) electrons. The number of ketones is 1. The topological polar surface area (TPSA) is 54.5 Å². The van der Waals surface area contributed by atoms with Gasteiger partial charge in [0.05, 0.1) is 4.90 Å². The molecular weight excluding hydrogens is 334 g/mol. The molecule has 1 saturated heterocycles. The van der Waals surface area contributed by atoms with Gasteiger partial charge in [-0.1, -0.05) is 29.3 Å². The summed E-state index contributed by atoms with van der Waals surface area (Å²) in [5.74, 6) is 1.03. The van der Waals surface area contributed by atoms with E-state index in [0.29, 0.717) is 42.5 Å². The molecule has 134 valence electrons. The summed E-state index contributed by atoms with van der Waals surface area (Å²) in [6.07, 6.45) is 6.84. The summed E-state index contributed by atoms with van der Waals surface area (Å²) in [5, 5.41) is 0. The molecule has 1 aliphatic heterocycles. The molecule has 1 unspecified atom stereocenters. The van der Waals surface area contributed by atoms with Gasteiger partial charge >= 0.3 is 0 Å². The van der Waals surface area contributed by atoms with Gasteiger partial charge in [-0.3, -0.25) is 4.79 Å². The molecule has 2 fully saturated rings. The molecule has 0 N–H and O–H groups in total. The van der Waals surface area contributed by atoms with Crippen LogP contribution in [0.1, 0.15) is 37.7 Å². The molecule has 1 heterocycles. The van der Waals surface area contributed by atoms with Crippen molar-refractivity contribution in [3.63, 3.8) is 0 Å². The van der Waals surface area contributed by atoms with Crippen molar-refractivity contribution in [3.8, 4) is 0 Å². The Bertz CT molecular complexity index is 810. The predicted molar refractivity (Wildman–Crippen MR) is 96.6 cm³/mol. The predicted octanol–water partition coefficient (Wildman–Crippen LogP) is 3.32. The summed E-state index contributed by atoms with van der Waals surface area (Å²) in [7, 11) is -3.48. The van der Waals surface area contributed by atoms with Crippen LogP contribution in [-0.4, -0.2) is 31.6 Å². The Morgan fingerprint density at radius 1 is 1.08 bits per heavy atom. The normalized spacial score (nSPS) is 32.4. The molecule has 5 heteroatoms. The quantitative estimate of drug-likeness (QED) is 0.761. The Balaban J connectivity index is 1.62. The van der Waals surface area contributed by atoms with E-state index in [1.165, 1.54) is 5.57 Å². The van der Waals surface area contributed by atoms with Crippen molar-refractivity contribution in [1.82, 2.24) is 4.31 Å². The second-order valence-corrected chi connectivity index (χ2v) is 9.77. The van der Waals surface area contributed by atoms with E-state index in [2.05, 4.69) is 6.08 Å². The lowest BCUT2D eigenvalue weighted by Crippen LogP contribution is -2.29. The summed E-state index contributed by atoms with van der Waals surface area (Å²) in [6.45, 7) is 2.91. The van der Waals surface area contributed by atoms with Crippen LogP contribution in [0.5, 0.6) is 0 Å². The van der Waals surface area contributed by atoms with Crippen LogP contribution in [0, 0.1) is 24.7 Å². The second kappa shape index (κ2) is 6.36. The SMILES string of the molecule is Cc1ccc(S(=O)(=O)N2CC3CC(=O)C[C@@H]4CCC/C4=C/[C@@H]3C2)cc1. The van der Waals surface area contributed by atoms with Crippen molar-refractivity contribution in [2.24, 2.45) is 17.8 Å². The van der Waals surface area contributed by atoms with Crippen LogP contribution in [0.15, 0.2) is 40.8 Å². The average Bonchev–Trinajstić information content (AvgIpc) is 3.15. The first-order chi connectivity index (χ1) is 11.9. The summed E-state index contributed by atoms with van der Waals surface area (Å²) < 4.78 is 27.6. The molecule has 0 spiro atoms. The van der Waals surface area contributed by atoms with Crippen LogP contribution in [-0.2, 0) is 14.8 Å². The van der Waals surface area contributed by atoms with E-state index in [1.807, 2.05) is 19.1 Å². The number of rotatable bonds is 2. The zero-order valence-corrected chi connectivity index (χ0v) is 15.5. The van der Waals surface area contributed by atoms with Gasteiger partial charge in [0.1, 0.15) is 5.78 Å². The highest BCUT2D eigenvalue weighted by atomic mass is 32.2. The minimum Gasteiger partial charge on any atom is -0.300 e. The molecule has 0 bridgehead atoms. The highest BCUT2D eigenvalue weighted by molar-refractivity contribution is 7.89. The van der Waals surface area contributed by atoms with E-state index >= 15 is 0 Å². The molecule has 2 aliphatic carbocycles. The van der Waals surface area contributed by atoms with Crippen LogP contribution in [0.2, 0.25) is 0 Å². The fourth-order valence-electron chi connectivity index (χ4n) is 4.64. The molecule has 4 nitrogen and oxygen atoms in total. The number of carbonyl (C=O) groups is 1. The first kappa shape index (κ1) is 17.0. The van der Waals surface area contributed by atoms with Crippen molar-refractivity contribution in [1.29, 1.82) is 0 Å². The van der Waals surface area contributed by atoms with Gasteiger partial charge in [0.15, 0.2) is 0 Å². The van der Waals surface area contributed by atoms with Crippen LogP contribution in [0.3, 0.4) is 0 Å². The summed E-state index contributed by atoms with van der Waals surface area (Å²) in [6, 6.07) is 7.03. The number of hydrogen-bond acceptors (Lipinski definition) is 3. The number of sulfonamides is 1. The van der Waals surface area contributed by atoms with Gasteiger partial charge < -0.3 is 0 Å². The lowest BCUT2D eigenvalue weighted by Gasteiger charge is -2.22. The third-order valence-corrected chi connectivity index (χ3v) is 7.90. The number of allylic oxidation sites excluding steroid dienone is 1. The maximum absolute atomic E-state index is 13.0. The minimum atomic E-state index is -3.48. The number of nitrogens with zero attached hydrogens (tertiary/aromatic N) is 1. The Morgan fingerprint density at radius 2 is 1.84 bits per heavy atom. The lowest BCUT2D eigenvalue weighted by atomic mass is 9.82. The molecular formula is C20H25NO3S. The molecule has 4 rings (SSSR count). The number of aryl methyl sites for hydroxylation is 1. The van der Waals surface area contributed by atoms with Gasteiger partial charge in [-0.25, -0.2) is 8.42 Å². The molecule has 3 aliphatic rings. The standard InChI is InChI=1S/C20H25NO3S/c1-14-5-7-20(8-6-14)25(23,24)21-12-17-9-15-3-2-4-16(15)10-19(22)11-18(17)13-21/h5-9,16-18H,2-4,10-13H2,1H3/b15-9-/t16-,17+,18?/m0/s1. The van der Waals surface area contributed by atoms with Crippen LogP contribution < -0.4 is 0 Å². The Morgan fingerprint density at radius 3 is 2.60 bits per heavy atom. The summed E-state index contributed by atoms with van der Waals surface area (Å²) in [4.78, 5) is 12.7. The Labute approximate surface area is 150 Å². The molecule has 3 atom stereocenters. The summed E-state index contributed by atoms with van der Waals surface area (Å²) >= 11 is 0. The van der Waals surface area contributed by atoms with E-state index in [4.69, 9.17) is 0 Å². The third kappa shape index (κ3) is 3.20. The third-order valence-electron chi connectivity index (χ3n) is 6.05. The minimum absolute atomic E-state index is 0.127. The molecule has 25 heavy (non-hydrogen) atoms. The van der Waals surface area contributed by atoms with Gasteiger partial charge in [-0.15, -0.1) is 0 Å². The number of fused-ring (bicyclic) bond motifs is 2. The van der Waals surface area contributed by atoms with E-state index in [0.717, 1.165) is 24.8 Å². The van der Waals surface area contributed by atoms with E-state index < -0.39 is 10.0 Å². The van der Waals surface area contributed by atoms with Gasteiger partial charge in [0, 0.05) is 25.9 Å². The Kier molecular flexibility index (Phi) is 4.32. The van der Waals surface area contributed by atoms with Crippen LogP contribution in [0.4, 0.5) is 0 Å². The number of hydrogen-bond donors (Lipinski definition) is 0. The average molecular weight is 359 g/mol. The van der Waals surface area contributed by atoms with E-state index in [9.17, 15) is 13.2 Å². The first-order valence-electron chi connectivity index (χ1n) is 9.22. The Hall–Kier alpha value is -1.46. The van der Waals surface area contributed by atoms with Crippen molar-refractivity contribution < 1.29 is 13.2 Å². The fraction of sp³-hybridized carbons (Fsp3) is 0.550. The van der Waals surface area contributed by atoms with E-state index in [1.54, 1.807) is 16.4 Å². The first-order valence-corrected chi connectivity index (χ1v) is 10.7. The van der Waals surface area contributed by atoms with E-state index in [-0.39, 0.29) is 11.8 Å². The van der Waals surface area contributed by atoms with Crippen molar-refractivity contribution in [2.45, 2.75) is 43.9 Å². The van der Waals surface area contributed by atoms with Crippen molar-refractivity contribution in [3.05, 3.63) is 41.5 Å². The highest BCUT2D eigenvalue weighted by Gasteiger charge is 2.41. The molecule has 0 amide bonds. The summed E-state index contributed by atoms with van der Waals surface area (Å²) in [5.41, 5.74) is 2.45.